The van der Waals surface area contributed by atoms with E-state index in [1.807, 2.05) is 18.2 Å². The van der Waals surface area contributed by atoms with Crippen LogP contribution in [-0.2, 0) is 16.0 Å². The predicted molar refractivity (Wildman–Crippen MR) is 69.8 cm³/mol. The van der Waals surface area contributed by atoms with Gasteiger partial charge in [0.15, 0.2) is 0 Å². The highest BCUT2D eigenvalue weighted by Gasteiger charge is 2.13. The highest BCUT2D eigenvalue weighted by molar-refractivity contribution is 5.69. The lowest BCUT2D eigenvalue weighted by Crippen LogP contribution is -2.18. The molecule has 1 rings (SSSR count). The number of carbonyl (C=O) groups is 1. The van der Waals surface area contributed by atoms with E-state index in [-0.39, 0.29) is 11.4 Å². The molecule has 1 aromatic carbocycles. The zero-order valence-electron chi connectivity index (χ0n) is 11.0. The monoisotopic (exact) mass is 234 g/mol. The van der Waals surface area contributed by atoms with Crippen molar-refractivity contribution in [3.63, 3.8) is 0 Å². The summed E-state index contributed by atoms with van der Waals surface area (Å²) < 4.78 is 5.21. The highest BCUT2D eigenvalue weighted by Crippen LogP contribution is 2.13. The van der Waals surface area contributed by atoms with Crippen LogP contribution in [0.15, 0.2) is 30.3 Å². The molecule has 0 saturated carbocycles. The van der Waals surface area contributed by atoms with Crippen LogP contribution >= 0.6 is 0 Å². The first-order valence-electron chi connectivity index (χ1n) is 6.17. The average molecular weight is 234 g/mol. The lowest BCUT2D eigenvalue weighted by atomic mass is 9.99. The molecule has 0 saturated heterocycles. The van der Waals surface area contributed by atoms with Crippen molar-refractivity contribution in [1.29, 1.82) is 0 Å². The Bertz CT molecular complexity index is 336. The van der Waals surface area contributed by atoms with Gasteiger partial charge >= 0.3 is 5.97 Å². The van der Waals surface area contributed by atoms with E-state index in [2.05, 4.69) is 32.9 Å². The summed E-state index contributed by atoms with van der Waals surface area (Å²) in [4.78, 5) is 11.5. The third-order valence-electron chi connectivity index (χ3n) is 2.36. The highest BCUT2D eigenvalue weighted by atomic mass is 16.5. The van der Waals surface area contributed by atoms with Crippen LogP contribution in [0.1, 0.15) is 39.2 Å². The minimum absolute atomic E-state index is 0.0507. The maximum absolute atomic E-state index is 11.5. The van der Waals surface area contributed by atoms with Gasteiger partial charge in [-0.3, -0.25) is 4.79 Å². The van der Waals surface area contributed by atoms with Crippen LogP contribution in [-0.4, -0.2) is 12.6 Å². The number of esters is 1. The smallest absolute Gasteiger partial charge is 0.305 e. The predicted octanol–water partition coefficient (Wildman–Crippen LogP) is 3.60. The van der Waals surface area contributed by atoms with Crippen molar-refractivity contribution in [2.75, 3.05) is 6.61 Å². The van der Waals surface area contributed by atoms with Gasteiger partial charge in [0.2, 0.25) is 0 Å². The fourth-order valence-electron chi connectivity index (χ4n) is 1.45. The lowest BCUT2D eigenvalue weighted by molar-refractivity contribution is -0.146. The molecule has 0 aromatic heterocycles. The first-order valence-corrected chi connectivity index (χ1v) is 6.17. The fourth-order valence-corrected chi connectivity index (χ4v) is 1.45. The Morgan fingerprint density at radius 3 is 2.41 bits per heavy atom. The van der Waals surface area contributed by atoms with E-state index in [0.29, 0.717) is 13.0 Å². The van der Waals surface area contributed by atoms with E-state index in [0.717, 1.165) is 12.8 Å². The molecule has 0 radical (unpaired) electrons. The molecular formula is C15H22O2. The number of ether oxygens (including phenoxy) is 1. The summed E-state index contributed by atoms with van der Waals surface area (Å²) in [7, 11) is 0. The van der Waals surface area contributed by atoms with E-state index in [9.17, 15) is 4.79 Å². The van der Waals surface area contributed by atoms with E-state index in [1.54, 1.807) is 0 Å². The number of rotatable bonds is 5. The van der Waals surface area contributed by atoms with E-state index in [1.165, 1.54) is 5.56 Å². The average Bonchev–Trinajstić information content (AvgIpc) is 2.27. The van der Waals surface area contributed by atoms with Crippen LogP contribution in [0, 0.1) is 5.41 Å². The first kappa shape index (κ1) is 13.8. The summed E-state index contributed by atoms with van der Waals surface area (Å²) in [6.07, 6.45) is 2.30. The number of benzene rings is 1. The van der Waals surface area contributed by atoms with Crippen molar-refractivity contribution in [2.24, 2.45) is 5.41 Å². The summed E-state index contributed by atoms with van der Waals surface area (Å²) in [6, 6.07) is 10.2. The fraction of sp³-hybridized carbons (Fsp3) is 0.533. The van der Waals surface area contributed by atoms with Gasteiger partial charge in [0.05, 0.1) is 6.61 Å². The molecule has 0 aliphatic carbocycles. The van der Waals surface area contributed by atoms with Crippen LogP contribution in [0.25, 0.3) is 0 Å². The van der Waals surface area contributed by atoms with Crippen molar-refractivity contribution >= 4 is 5.97 Å². The number of aryl methyl sites for hydroxylation is 1. The Labute approximate surface area is 104 Å². The summed E-state index contributed by atoms with van der Waals surface area (Å²) in [5, 5.41) is 0. The summed E-state index contributed by atoms with van der Waals surface area (Å²) in [6.45, 7) is 6.68. The van der Waals surface area contributed by atoms with Gasteiger partial charge in [0, 0.05) is 6.42 Å². The third kappa shape index (κ3) is 6.77. The number of hydrogen-bond donors (Lipinski definition) is 0. The van der Waals surface area contributed by atoms with Gasteiger partial charge in [0.1, 0.15) is 0 Å². The number of carbonyl (C=O) groups excluding carboxylic acids is 1. The zero-order chi connectivity index (χ0) is 12.7. The van der Waals surface area contributed by atoms with E-state index in [4.69, 9.17) is 4.74 Å². The molecule has 0 aliphatic heterocycles. The van der Waals surface area contributed by atoms with Gasteiger partial charge in [-0.2, -0.15) is 0 Å². The lowest BCUT2D eigenvalue weighted by Gasteiger charge is -2.17. The van der Waals surface area contributed by atoms with Crippen molar-refractivity contribution in [2.45, 2.75) is 40.0 Å². The van der Waals surface area contributed by atoms with Crippen LogP contribution in [0.3, 0.4) is 0 Å². The second kappa shape index (κ2) is 6.43. The van der Waals surface area contributed by atoms with Crippen molar-refractivity contribution in [3.8, 4) is 0 Å². The molecule has 0 N–H and O–H groups in total. The van der Waals surface area contributed by atoms with E-state index >= 15 is 0 Å². The Morgan fingerprint density at radius 2 is 1.82 bits per heavy atom. The molecule has 2 heteroatoms. The second-order valence-electron chi connectivity index (χ2n) is 5.56. The second-order valence-corrected chi connectivity index (χ2v) is 5.56. The molecule has 0 spiro atoms. The van der Waals surface area contributed by atoms with Gasteiger partial charge < -0.3 is 4.74 Å². The Kier molecular flexibility index (Phi) is 5.20. The molecule has 1 aromatic rings. The quantitative estimate of drug-likeness (QED) is 0.728. The van der Waals surface area contributed by atoms with E-state index < -0.39 is 0 Å². The topological polar surface area (TPSA) is 26.3 Å². The van der Waals surface area contributed by atoms with Crippen LogP contribution < -0.4 is 0 Å². The molecule has 2 nitrogen and oxygen atoms in total. The van der Waals surface area contributed by atoms with Crippen LogP contribution in [0.2, 0.25) is 0 Å². The molecule has 0 unspecified atom stereocenters. The SMILES string of the molecule is CC(C)(C)COC(=O)CCCc1ccccc1. The summed E-state index contributed by atoms with van der Waals surface area (Å²) in [5.41, 5.74) is 1.32. The number of hydrogen-bond acceptors (Lipinski definition) is 2. The molecule has 0 aliphatic rings. The molecule has 17 heavy (non-hydrogen) atoms. The maximum atomic E-state index is 11.5. The summed E-state index contributed by atoms with van der Waals surface area (Å²) >= 11 is 0. The minimum Gasteiger partial charge on any atom is -0.465 e. The molecular weight excluding hydrogens is 212 g/mol. The summed E-state index contributed by atoms with van der Waals surface area (Å²) in [5.74, 6) is -0.0872. The zero-order valence-corrected chi connectivity index (χ0v) is 11.0. The van der Waals surface area contributed by atoms with Gasteiger partial charge in [-0.25, -0.2) is 0 Å². The van der Waals surface area contributed by atoms with Crippen LogP contribution in [0.5, 0.6) is 0 Å². The van der Waals surface area contributed by atoms with Crippen molar-refractivity contribution < 1.29 is 9.53 Å². The van der Waals surface area contributed by atoms with Crippen molar-refractivity contribution in [1.82, 2.24) is 0 Å². The molecule has 0 atom stereocenters. The van der Waals surface area contributed by atoms with Gasteiger partial charge in [-0.05, 0) is 23.8 Å². The Balaban J connectivity index is 2.17. The first-order chi connectivity index (χ1) is 7.97. The Hall–Kier alpha value is -1.31. The van der Waals surface area contributed by atoms with Gasteiger partial charge in [-0.15, -0.1) is 0 Å². The van der Waals surface area contributed by atoms with Gasteiger partial charge in [-0.1, -0.05) is 51.1 Å². The largest absolute Gasteiger partial charge is 0.465 e. The molecule has 0 bridgehead atoms. The van der Waals surface area contributed by atoms with Crippen LogP contribution in [0.4, 0.5) is 0 Å². The molecule has 0 heterocycles. The maximum Gasteiger partial charge on any atom is 0.305 e. The Morgan fingerprint density at radius 1 is 1.18 bits per heavy atom. The molecule has 94 valence electrons. The third-order valence-corrected chi connectivity index (χ3v) is 2.36. The van der Waals surface area contributed by atoms with Crippen molar-refractivity contribution in [3.05, 3.63) is 35.9 Å². The molecule has 0 fully saturated rings. The standard InChI is InChI=1S/C15H22O2/c1-15(2,3)12-17-14(16)11-7-10-13-8-5-4-6-9-13/h4-6,8-9H,7,10-12H2,1-3H3. The normalized spacial score (nSPS) is 11.2. The minimum atomic E-state index is -0.0872. The molecule has 0 amide bonds. The van der Waals surface area contributed by atoms with Gasteiger partial charge in [0.25, 0.3) is 0 Å².